The molecule has 1 atom stereocenters. The number of halogens is 1. The molecule has 17 heavy (non-hydrogen) atoms. The second-order valence-corrected chi connectivity index (χ2v) is 4.57. The molecule has 1 saturated heterocycles. The summed E-state index contributed by atoms with van der Waals surface area (Å²) in [4.78, 5) is 24.5. The van der Waals surface area contributed by atoms with Crippen LogP contribution in [0.25, 0.3) is 0 Å². The number of nitrogens with one attached hydrogen (secondary N) is 1. The third-order valence-corrected chi connectivity index (χ3v) is 3.15. The summed E-state index contributed by atoms with van der Waals surface area (Å²) in [5, 5.41) is 2.95. The van der Waals surface area contributed by atoms with Crippen LogP contribution in [0.2, 0.25) is 5.02 Å². The Morgan fingerprint density at radius 1 is 1.41 bits per heavy atom. The summed E-state index contributed by atoms with van der Waals surface area (Å²) in [6.45, 7) is 2.64. The topological polar surface area (TPSA) is 49.4 Å². The van der Waals surface area contributed by atoms with Crippen LogP contribution in [0, 0.1) is 5.92 Å². The number of carbonyl (C=O) groups excluding carboxylic acids is 2. The number of rotatable bonds is 2. The van der Waals surface area contributed by atoms with Crippen molar-refractivity contribution in [1.82, 2.24) is 10.2 Å². The Kier molecular flexibility index (Phi) is 3.33. The Morgan fingerprint density at radius 3 is 2.82 bits per heavy atom. The quantitative estimate of drug-likeness (QED) is 0.876. The monoisotopic (exact) mass is 252 g/mol. The predicted molar refractivity (Wildman–Crippen MR) is 64.6 cm³/mol. The highest BCUT2D eigenvalue weighted by Crippen LogP contribution is 2.19. The zero-order valence-electron chi connectivity index (χ0n) is 9.44. The third-order valence-electron chi connectivity index (χ3n) is 2.78. The molecule has 1 aromatic rings. The Bertz CT molecular complexity index is 462. The van der Waals surface area contributed by atoms with Gasteiger partial charge in [0.1, 0.15) is 0 Å². The minimum atomic E-state index is -0.354. The van der Waals surface area contributed by atoms with Gasteiger partial charge < -0.3 is 4.90 Å². The largest absolute Gasteiger partial charge is 0.324 e. The molecule has 1 fully saturated rings. The number of carbonyl (C=O) groups is 2. The van der Waals surface area contributed by atoms with Crippen molar-refractivity contribution in [3.63, 3.8) is 0 Å². The van der Waals surface area contributed by atoms with Gasteiger partial charge in [0.05, 0.1) is 5.92 Å². The van der Waals surface area contributed by atoms with Gasteiger partial charge in [0.2, 0.25) is 5.91 Å². The molecule has 0 aliphatic carbocycles. The summed E-state index contributed by atoms with van der Waals surface area (Å²) in [6, 6.07) is 7.02. The molecule has 0 radical (unpaired) electrons. The standard InChI is InChI=1S/C12H13ClN2O2/c1-8-6-15(12(17)14-11(8)16)7-9-4-2-3-5-10(9)13/h2-5,8H,6-7H2,1H3,(H,14,16,17). The van der Waals surface area contributed by atoms with Gasteiger partial charge in [-0.2, -0.15) is 0 Å². The predicted octanol–water partition coefficient (Wildman–Crippen LogP) is 2.03. The van der Waals surface area contributed by atoms with E-state index in [1.165, 1.54) is 0 Å². The van der Waals surface area contributed by atoms with E-state index in [4.69, 9.17) is 11.6 Å². The van der Waals surface area contributed by atoms with Crippen LogP contribution in [0.4, 0.5) is 4.79 Å². The summed E-state index contributed by atoms with van der Waals surface area (Å²) >= 11 is 6.03. The smallest absolute Gasteiger partial charge is 0.319 e. The molecule has 0 bridgehead atoms. The number of amides is 3. The minimum Gasteiger partial charge on any atom is -0.319 e. The zero-order chi connectivity index (χ0) is 12.4. The highest BCUT2D eigenvalue weighted by Gasteiger charge is 2.29. The first-order valence-corrected chi connectivity index (χ1v) is 5.79. The van der Waals surface area contributed by atoms with Crippen LogP contribution in [0.1, 0.15) is 12.5 Å². The van der Waals surface area contributed by atoms with Crippen molar-refractivity contribution in [3.05, 3.63) is 34.9 Å². The maximum Gasteiger partial charge on any atom is 0.324 e. The normalized spacial score (nSPS) is 20.4. The summed E-state index contributed by atoms with van der Waals surface area (Å²) < 4.78 is 0. The number of hydrogen-bond donors (Lipinski definition) is 1. The first-order chi connectivity index (χ1) is 8.08. The molecule has 4 nitrogen and oxygen atoms in total. The fourth-order valence-corrected chi connectivity index (χ4v) is 1.97. The molecule has 0 saturated carbocycles. The molecule has 1 aromatic carbocycles. The van der Waals surface area contributed by atoms with E-state index in [1.54, 1.807) is 17.9 Å². The summed E-state index contributed by atoms with van der Waals surface area (Å²) in [5.41, 5.74) is 0.880. The lowest BCUT2D eigenvalue weighted by molar-refractivity contribution is -0.125. The van der Waals surface area contributed by atoms with Crippen molar-refractivity contribution in [2.45, 2.75) is 13.5 Å². The number of urea groups is 1. The van der Waals surface area contributed by atoms with Crippen molar-refractivity contribution >= 4 is 23.5 Å². The van der Waals surface area contributed by atoms with Gasteiger partial charge in [0.25, 0.3) is 0 Å². The summed E-state index contributed by atoms with van der Waals surface area (Å²) in [6.07, 6.45) is 0. The molecule has 1 heterocycles. The van der Waals surface area contributed by atoms with Gasteiger partial charge in [-0.15, -0.1) is 0 Å². The van der Waals surface area contributed by atoms with Gasteiger partial charge in [-0.05, 0) is 11.6 Å². The zero-order valence-corrected chi connectivity index (χ0v) is 10.2. The lowest BCUT2D eigenvalue weighted by Crippen LogP contribution is -2.53. The van der Waals surface area contributed by atoms with Gasteiger partial charge in [0, 0.05) is 18.1 Å². The molecule has 2 rings (SSSR count). The molecule has 3 amide bonds. The average molecular weight is 253 g/mol. The first-order valence-electron chi connectivity index (χ1n) is 5.41. The van der Waals surface area contributed by atoms with Crippen molar-refractivity contribution < 1.29 is 9.59 Å². The van der Waals surface area contributed by atoms with Crippen LogP contribution in [0.5, 0.6) is 0 Å². The lowest BCUT2D eigenvalue weighted by Gasteiger charge is -2.30. The highest BCUT2D eigenvalue weighted by molar-refractivity contribution is 6.31. The van der Waals surface area contributed by atoms with E-state index in [2.05, 4.69) is 5.32 Å². The van der Waals surface area contributed by atoms with Crippen LogP contribution in [-0.2, 0) is 11.3 Å². The first kappa shape index (κ1) is 11.9. The second kappa shape index (κ2) is 4.75. The molecule has 5 heteroatoms. The van der Waals surface area contributed by atoms with E-state index in [0.717, 1.165) is 5.56 Å². The molecule has 1 aliphatic heterocycles. The maximum atomic E-state index is 11.6. The second-order valence-electron chi connectivity index (χ2n) is 4.17. The third kappa shape index (κ3) is 2.58. The van der Waals surface area contributed by atoms with Gasteiger partial charge in [0.15, 0.2) is 0 Å². The van der Waals surface area contributed by atoms with Crippen LogP contribution in [0.15, 0.2) is 24.3 Å². The van der Waals surface area contributed by atoms with E-state index in [0.29, 0.717) is 18.1 Å². The fraction of sp³-hybridized carbons (Fsp3) is 0.333. The maximum absolute atomic E-state index is 11.6. The number of hydrogen-bond acceptors (Lipinski definition) is 2. The Morgan fingerprint density at radius 2 is 2.12 bits per heavy atom. The van der Waals surface area contributed by atoms with Crippen LogP contribution >= 0.6 is 11.6 Å². The van der Waals surface area contributed by atoms with Gasteiger partial charge in [-0.3, -0.25) is 10.1 Å². The molecule has 0 aromatic heterocycles. The molecule has 1 unspecified atom stereocenters. The average Bonchev–Trinajstić information content (AvgIpc) is 2.29. The van der Waals surface area contributed by atoms with E-state index < -0.39 is 0 Å². The van der Waals surface area contributed by atoms with Gasteiger partial charge in [-0.1, -0.05) is 36.7 Å². The fourth-order valence-electron chi connectivity index (χ4n) is 1.77. The van der Waals surface area contributed by atoms with Crippen molar-refractivity contribution in [3.8, 4) is 0 Å². The summed E-state index contributed by atoms with van der Waals surface area (Å²) in [7, 11) is 0. The number of imide groups is 1. The SMILES string of the molecule is CC1CN(Cc2ccccc2Cl)C(=O)NC1=O. The van der Waals surface area contributed by atoms with Crippen LogP contribution < -0.4 is 5.32 Å². The highest BCUT2D eigenvalue weighted by atomic mass is 35.5. The Balaban J connectivity index is 2.11. The molecule has 1 aliphatic rings. The Labute approximate surface area is 105 Å². The van der Waals surface area contributed by atoms with E-state index >= 15 is 0 Å². The van der Waals surface area contributed by atoms with Gasteiger partial charge >= 0.3 is 6.03 Å². The summed E-state index contributed by atoms with van der Waals surface area (Å²) in [5.74, 6) is -0.402. The Hall–Kier alpha value is -1.55. The van der Waals surface area contributed by atoms with Crippen LogP contribution in [-0.4, -0.2) is 23.4 Å². The molecular weight excluding hydrogens is 240 g/mol. The van der Waals surface area contributed by atoms with Crippen LogP contribution in [0.3, 0.4) is 0 Å². The molecule has 90 valence electrons. The molecule has 1 N–H and O–H groups in total. The lowest BCUT2D eigenvalue weighted by atomic mass is 10.1. The number of nitrogens with zero attached hydrogens (tertiary/aromatic N) is 1. The van der Waals surface area contributed by atoms with Crippen molar-refractivity contribution in [1.29, 1.82) is 0 Å². The molecular formula is C12H13ClN2O2. The van der Waals surface area contributed by atoms with Crippen molar-refractivity contribution in [2.75, 3.05) is 6.54 Å². The van der Waals surface area contributed by atoms with Gasteiger partial charge in [-0.25, -0.2) is 4.79 Å². The molecule has 0 spiro atoms. The minimum absolute atomic E-state index is 0.185. The van der Waals surface area contributed by atoms with E-state index in [9.17, 15) is 9.59 Å². The van der Waals surface area contributed by atoms with E-state index in [-0.39, 0.29) is 17.9 Å². The van der Waals surface area contributed by atoms with Crippen molar-refractivity contribution in [2.24, 2.45) is 5.92 Å². The van der Waals surface area contributed by atoms with E-state index in [1.807, 2.05) is 18.2 Å². The number of benzene rings is 1.